The van der Waals surface area contributed by atoms with Crippen LogP contribution in [0.4, 0.5) is 31.4 Å². The molecule has 6 aromatic carbocycles. The fourth-order valence-electron chi connectivity index (χ4n) is 13.8. The van der Waals surface area contributed by atoms with Crippen LogP contribution in [0.1, 0.15) is 282 Å². The number of carbonyl (C=O) groups excluding carboxylic acids is 3. The Bertz CT molecular complexity index is 3160. The van der Waals surface area contributed by atoms with Crippen molar-refractivity contribution >= 4 is 35.2 Å². The summed E-state index contributed by atoms with van der Waals surface area (Å²) in [6.07, 6.45) is 21.6. The van der Waals surface area contributed by atoms with Gasteiger partial charge in [0, 0.05) is 89.0 Å². The molecule has 1 aliphatic rings. The zero-order valence-electron chi connectivity index (χ0n) is 62.9. The number of nitrogens with one attached hydrogen (secondary N) is 3. The Morgan fingerprint density at radius 2 is 0.485 bits per heavy atom. The molecule has 0 saturated carbocycles. The van der Waals surface area contributed by atoms with Crippen LogP contribution in [0.3, 0.4) is 0 Å². The minimum atomic E-state index is -0.694. The standard InChI is InChI=1S/C84H120N6O9/c1-16-19-22-25-28-31-34-97-76-61-37-55-43-67(82(4,5)6)45-57(73(55)94-13)39-63-51-71(89-80(86)92)53-65(77(63)98-35-32-29-26-23-20-17-2)41-59-47-69(84(10,11)12)48-60(75(59)96-15)42-66-54-72(90-81(87)93)52-64(78(66)99-36-33-30-27-24-21-18-3)40-58-46-68(83(7,8)9)44-56(74(58)95-14)38-62(76)50-70(49-61)88-79(85)91/h43-54H,16-42H2,1-15H3,(H3,85,88,91)(H3,86,89,92)(H3,87,90,93). The van der Waals surface area contributed by atoms with Crippen molar-refractivity contribution in [3.8, 4) is 34.5 Å². The molecule has 0 saturated heterocycles. The predicted molar refractivity (Wildman–Crippen MR) is 407 cm³/mol. The maximum Gasteiger partial charge on any atom is 0.316 e. The van der Waals surface area contributed by atoms with Gasteiger partial charge < -0.3 is 61.6 Å². The summed E-state index contributed by atoms with van der Waals surface area (Å²) in [6, 6.07) is 23.3. The molecular formula is C84H120N6O9. The topological polar surface area (TPSA) is 221 Å². The number of ether oxygens (including phenoxy) is 6. The van der Waals surface area contributed by atoms with E-state index in [9.17, 15) is 14.4 Å². The van der Waals surface area contributed by atoms with Crippen molar-refractivity contribution in [1.82, 2.24) is 0 Å². The number of primary amides is 3. The van der Waals surface area contributed by atoms with E-state index in [1.807, 2.05) is 36.4 Å². The van der Waals surface area contributed by atoms with Crippen molar-refractivity contribution in [2.24, 2.45) is 17.2 Å². The van der Waals surface area contributed by atoms with E-state index in [4.69, 9.17) is 45.6 Å². The van der Waals surface area contributed by atoms with Gasteiger partial charge in [-0.05, 0) is 122 Å². The first-order valence-electron chi connectivity index (χ1n) is 36.8. The fraction of sp³-hybridized carbons (Fsp3) is 0.536. The third kappa shape index (κ3) is 22.7. The van der Waals surface area contributed by atoms with Gasteiger partial charge in [0.1, 0.15) is 34.5 Å². The normalized spacial score (nSPS) is 12.6. The molecule has 6 aromatic rings. The average Bonchev–Trinajstić information content (AvgIpc) is 0.781. The van der Waals surface area contributed by atoms with Crippen LogP contribution in [0.5, 0.6) is 34.5 Å². The molecule has 1 aliphatic carbocycles. The van der Waals surface area contributed by atoms with E-state index < -0.39 is 18.1 Å². The molecular weight excluding hydrogens is 1240 g/mol. The van der Waals surface area contributed by atoms with Gasteiger partial charge in [-0.1, -0.05) is 216 Å². The Hall–Kier alpha value is -8.07. The number of anilines is 3. The molecule has 15 heteroatoms. The van der Waals surface area contributed by atoms with E-state index >= 15 is 0 Å². The maximum atomic E-state index is 13.2. The molecule has 0 unspecified atom stereocenters. The summed E-state index contributed by atoms with van der Waals surface area (Å²) in [4.78, 5) is 39.5. The highest BCUT2D eigenvalue weighted by molar-refractivity contribution is 5.90. The number of rotatable bonds is 30. The number of nitrogens with two attached hydrogens (primary N) is 3. The largest absolute Gasteiger partial charge is 0.496 e. The van der Waals surface area contributed by atoms with E-state index in [0.717, 1.165) is 161 Å². The summed E-state index contributed by atoms with van der Waals surface area (Å²) in [5.41, 5.74) is 32.5. The molecule has 12 bridgehead atoms. The van der Waals surface area contributed by atoms with Gasteiger partial charge in [0.2, 0.25) is 0 Å². The first-order valence-corrected chi connectivity index (χ1v) is 36.8. The van der Waals surface area contributed by atoms with Crippen LogP contribution in [0.2, 0.25) is 0 Å². The average molecular weight is 1360 g/mol. The summed E-state index contributed by atoms with van der Waals surface area (Å²) in [7, 11) is 5.17. The molecule has 0 atom stereocenters. The fourth-order valence-corrected chi connectivity index (χ4v) is 13.8. The molecule has 0 fully saturated rings. The molecule has 15 nitrogen and oxygen atoms in total. The Morgan fingerprint density at radius 1 is 0.303 bits per heavy atom. The highest BCUT2D eigenvalue weighted by Crippen LogP contribution is 2.46. The third-order valence-electron chi connectivity index (χ3n) is 19.0. The molecule has 6 amide bonds. The van der Waals surface area contributed by atoms with Crippen molar-refractivity contribution in [3.63, 3.8) is 0 Å². The molecule has 9 N–H and O–H groups in total. The Morgan fingerprint density at radius 3 is 0.657 bits per heavy atom. The van der Waals surface area contributed by atoms with Crippen molar-refractivity contribution < 1.29 is 42.8 Å². The van der Waals surface area contributed by atoms with Crippen LogP contribution in [0.25, 0.3) is 0 Å². The van der Waals surface area contributed by atoms with Crippen LogP contribution in [0.15, 0.2) is 72.8 Å². The molecule has 0 aliphatic heterocycles. The number of urea groups is 3. The first-order chi connectivity index (χ1) is 47.2. The molecule has 99 heavy (non-hydrogen) atoms. The summed E-state index contributed by atoms with van der Waals surface area (Å²) < 4.78 is 41.7. The van der Waals surface area contributed by atoms with Crippen molar-refractivity contribution in [2.75, 3.05) is 57.1 Å². The lowest BCUT2D eigenvalue weighted by molar-refractivity contribution is 0.258. The lowest BCUT2D eigenvalue weighted by Crippen LogP contribution is -2.20. The molecule has 540 valence electrons. The number of carbonyl (C=O) groups is 3. The summed E-state index contributed by atoms with van der Waals surface area (Å²) >= 11 is 0. The zero-order chi connectivity index (χ0) is 72.0. The van der Waals surface area contributed by atoms with E-state index in [2.05, 4.69) is 135 Å². The van der Waals surface area contributed by atoms with Gasteiger partial charge in [-0.25, -0.2) is 14.4 Å². The van der Waals surface area contributed by atoms with Gasteiger partial charge in [0.15, 0.2) is 0 Å². The molecule has 0 aromatic heterocycles. The van der Waals surface area contributed by atoms with E-state index in [1.165, 1.54) is 38.5 Å². The Balaban J connectivity index is 1.64. The van der Waals surface area contributed by atoms with Crippen molar-refractivity contribution in [2.45, 2.75) is 253 Å². The van der Waals surface area contributed by atoms with Gasteiger partial charge in [0.05, 0.1) is 41.2 Å². The third-order valence-corrected chi connectivity index (χ3v) is 19.0. The second-order valence-electron chi connectivity index (χ2n) is 30.5. The summed E-state index contributed by atoms with van der Waals surface area (Å²) in [6.45, 7) is 28.1. The van der Waals surface area contributed by atoms with Gasteiger partial charge in [0.25, 0.3) is 0 Å². The second-order valence-corrected chi connectivity index (χ2v) is 30.5. The molecule has 0 spiro atoms. The van der Waals surface area contributed by atoms with E-state index in [1.54, 1.807) is 21.3 Å². The number of fused-ring (bicyclic) bond motifs is 12. The van der Waals surface area contributed by atoms with Crippen LogP contribution >= 0.6 is 0 Å². The van der Waals surface area contributed by atoms with Crippen molar-refractivity contribution in [3.05, 3.63) is 156 Å². The number of unbranched alkanes of at least 4 members (excludes halogenated alkanes) is 15. The van der Waals surface area contributed by atoms with E-state index in [-0.39, 0.29) is 16.2 Å². The van der Waals surface area contributed by atoms with Crippen molar-refractivity contribution in [1.29, 1.82) is 0 Å². The van der Waals surface area contributed by atoms with Gasteiger partial charge in [-0.3, -0.25) is 0 Å². The van der Waals surface area contributed by atoms with Crippen LogP contribution in [-0.2, 0) is 54.8 Å². The first kappa shape index (κ1) is 78.3. The highest BCUT2D eigenvalue weighted by Gasteiger charge is 2.30. The van der Waals surface area contributed by atoms with Gasteiger partial charge >= 0.3 is 18.1 Å². The van der Waals surface area contributed by atoms with E-state index in [0.29, 0.717) is 110 Å². The molecule has 0 radical (unpaired) electrons. The number of benzene rings is 6. The minimum Gasteiger partial charge on any atom is -0.496 e. The van der Waals surface area contributed by atoms with Gasteiger partial charge in [-0.2, -0.15) is 0 Å². The Kier molecular flexibility index (Phi) is 29.1. The zero-order valence-corrected chi connectivity index (χ0v) is 62.9. The number of hydrogen-bond acceptors (Lipinski definition) is 9. The summed E-state index contributed by atoms with van der Waals surface area (Å²) in [5, 5.41) is 8.92. The molecule has 0 heterocycles. The second kappa shape index (κ2) is 36.8. The monoisotopic (exact) mass is 1360 g/mol. The van der Waals surface area contributed by atoms with Crippen LogP contribution in [-0.4, -0.2) is 59.2 Å². The maximum absolute atomic E-state index is 13.2. The number of methoxy groups -OCH3 is 3. The number of hydrogen-bond donors (Lipinski definition) is 6. The summed E-state index contributed by atoms with van der Waals surface area (Å²) in [5.74, 6) is 4.18. The van der Waals surface area contributed by atoms with Crippen LogP contribution in [0, 0.1) is 0 Å². The Labute approximate surface area is 593 Å². The van der Waals surface area contributed by atoms with Crippen LogP contribution < -0.4 is 61.6 Å². The lowest BCUT2D eigenvalue weighted by Gasteiger charge is -2.27. The minimum absolute atomic E-state index is 0.326. The smallest absolute Gasteiger partial charge is 0.316 e. The SMILES string of the molecule is CCCCCCCCOc1c2cc(NC(N)=O)cc1Cc1cc(C(C)(C)C)cc(c1OC)Cc1cc(NC(N)=O)cc(c1OCCCCCCCC)Cc1cc(C(C)(C)C)cc(c1OC)Cc1cc(NC(N)=O)cc(c1OCCCCCCCC)Cc1cc(C(C)(C)C)cc(c1OC)C2. The quantitative estimate of drug-likeness (QED) is 0.0236. The molecule has 7 rings (SSSR count). The van der Waals surface area contributed by atoms with Gasteiger partial charge in [-0.15, -0.1) is 0 Å². The highest BCUT2D eigenvalue weighted by atomic mass is 16.5. The number of amides is 6. The lowest BCUT2D eigenvalue weighted by atomic mass is 9.81. The predicted octanol–water partition coefficient (Wildman–Crippen LogP) is 20.2.